The van der Waals surface area contributed by atoms with Crippen molar-refractivity contribution in [2.24, 2.45) is 11.8 Å². The highest BCUT2D eigenvalue weighted by Gasteiger charge is 2.49. The molecule has 2 aliphatic rings. The molecule has 0 radical (unpaired) electrons. The lowest BCUT2D eigenvalue weighted by atomic mass is 9.77. The quantitative estimate of drug-likeness (QED) is 0.411. The van der Waals surface area contributed by atoms with Crippen molar-refractivity contribution in [3.8, 4) is 0 Å². The fourth-order valence-electron chi connectivity index (χ4n) is 4.22. The third-order valence-corrected chi connectivity index (χ3v) is 6.37. The molecule has 0 amide bonds. The van der Waals surface area contributed by atoms with Crippen molar-refractivity contribution in [3.63, 3.8) is 0 Å². The number of pyridine rings is 1. The summed E-state index contributed by atoms with van der Waals surface area (Å²) < 4.78 is 54.3. The number of allylic oxidation sites excluding steroid dienone is 2. The molecular formula is C25H20ClF3N2O3. The average molecular weight is 489 g/mol. The van der Waals surface area contributed by atoms with Crippen molar-refractivity contribution in [1.29, 1.82) is 0 Å². The number of carbonyl (C=O) groups excluding carboxylic acids is 1. The molecule has 3 aromatic rings. The molecule has 9 heteroatoms. The van der Waals surface area contributed by atoms with Crippen LogP contribution in [0.3, 0.4) is 0 Å². The van der Waals surface area contributed by atoms with E-state index in [0.29, 0.717) is 46.3 Å². The van der Waals surface area contributed by atoms with E-state index >= 15 is 0 Å². The van der Waals surface area contributed by atoms with Crippen molar-refractivity contribution in [1.82, 2.24) is 9.97 Å². The molecule has 2 atom stereocenters. The van der Waals surface area contributed by atoms with Crippen LogP contribution in [0.4, 0.5) is 13.2 Å². The number of H-pyrrole nitrogens is 1. The van der Waals surface area contributed by atoms with Gasteiger partial charge in [-0.1, -0.05) is 23.8 Å². The van der Waals surface area contributed by atoms with Crippen LogP contribution in [0, 0.1) is 29.3 Å². The van der Waals surface area contributed by atoms with E-state index in [0.717, 1.165) is 19.1 Å². The first-order valence-corrected chi connectivity index (χ1v) is 11.2. The molecule has 5 nitrogen and oxygen atoms in total. The minimum absolute atomic E-state index is 0.191. The van der Waals surface area contributed by atoms with Gasteiger partial charge in [0.05, 0.1) is 23.1 Å². The molecule has 1 N–H and O–H groups in total. The lowest BCUT2D eigenvalue weighted by Gasteiger charge is -2.40. The molecule has 0 saturated heterocycles. The fourth-order valence-corrected chi connectivity index (χ4v) is 4.38. The molecule has 2 aromatic heterocycles. The third kappa shape index (κ3) is 4.01. The summed E-state index contributed by atoms with van der Waals surface area (Å²) in [7, 11) is 0. The smallest absolute Gasteiger partial charge is 0.165 e. The highest BCUT2D eigenvalue weighted by Crippen LogP contribution is 2.48. The van der Waals surface area contributed by atoms with Gasteiger partial charge in [-0.05, 0) is 30.9 Å². The minimum Gasteiger partial charge on any atom is -0.490 e. The van der Waals surface area contributed by atoms with Crippen molar-refractivity contribution >= 4 is 28.9 Å². The van der Waals surface area contributed by atoms with Crippen molar-refractivity contribution in [3.05, 3.63) is 88.2 Å². The number of carbonyl (C=O) groups is 1. The van der Waals surface area contributed by atoms with Crippen molar-refractivity contribution < 1.29 is 27.4 Å². The Morgan fingerprint density at radius 1 is 1.21 bits per heavy atom. The average Bonchev–Trinajstić information content (AvgIpc) is 3.55. The van der Waals surface area contributed by atoms with Crippen LogP contribution in [0.25, 0.3) is 11.0 Å². The summed E-state index contributed by atoms with van der Waals surface area (Å²) in [6.45, 7) is -0.169. The van der Waals surface area contributed by atoms with Gasteiger partial charge in [0, 0.05) is 35.5 Å². The zero-order valence-electron chi connectivity index (χ0n) is 17.9. The predicted molar refractivity (Wildman–Crippen MR) is 119 cm³/mol. The van der Waals surface area contributed by atoms with Gasteiger partial charge in [-0.25, -0.2) is 18.2 Å². The highest BCUT2D eigenvalue weighted by molar-refractivity contribution is 6.31. The third-order valence-electron chi connectivity index (χ3n) is 6.17. The van der Waals surface area contributed by atoms with Gasteiger partial charge in [0.25, 0.3) is 0 Å². The number of hydrogen-bond acceptors (Lipinski definition) is 4. The number of nitrogens with zero attached hydrogens (tertiary/aromatic N) is 1. The molecule has 0 bridgehead atoms. The first kappa shape index (κ1) is 22.7. The van der Waals surface area contributed by atoms with Crippen LogP contribution in [0.2, 0.25) is 5.02 Å². The Kier molecular flexibility index (Phi) is 5.95. The molecule has 1 aromatic carbocycles. The Morgan fingerprint density at radius 3 is 2.68 bits per heavy atom. The van der Waals surface area contributed by atoms with E-state index in [4.69, 9.17) is 21.1 Å². The molecule has 2 heterocycles. The van der Waals surface area contributed by atoms with Crippen LogP contribution >= 0.6 is 11.6 Å². The Balaban J connectivity index is 1.60. The lowest BCUT2D eigenvalue weighted by Crippen LogP contribution is -2.43. The Morgan fingerprint density at radius 2 is 1.97 bits per heavy atom. The normalized spacial score (nSPS) is 22.1. The molecule has 1 fully saturated rings. The SMILES string of the molecule is O=CC1C=CC=C(OCc2c(F)cc(F)cc2F)C1(OCC1CC1)c1c[nH]c2ncc(Cl)cc12. The Hall–Kier alpha value is -3.10. The van der Waals surface area contributed by atoms with E-state index in [-0.39, 0.29) is 5.76 Å². The second kappa shape index (κ2) is 8.92. The summed E-state index contributed by atoms with van der Waals surface area (Å²) in [4.78, 5) is 19.6. The van der Waals surface area contributed by atoms with Crippen LogP contribution in [0.15, 0.2) is 54.6 Å². The number of aromatic nitrogens is 2. The Labute approximate surface area is 198 Å². The number of nitrogens with one attached hydrogen (secondary N) is 1. The van der Waals surface area contributed by atoms with E-state index in [1.807, 2.05) is 0 Å². The maximum atomic E-state index is 14.3. The number of hydrogen-bond donors (Lipinski definition) is 1. The second-order valence-corrected chi connectivity index (χ2v) is 8.89. The first-order valence-electron chi connectivity index (χ1n) is 10.8. The topological polar surface area (TPSA) is 64.2 Å². The van der Waals surface area contributed by atoms with E-state index in [1.54, 1.807) is 30.5 Å². The Bertz CT molecular complexity index is 1290. The van der Waals surface area contributed by atoms with Gasteiger partial charge in [-0.15, -0.1) is 0 Å². The molecule has 1 saturated carbocycles. The largest absolute Gasteiger partial charge is 0.490 e. The monoisotopic (exact) mass is 488 g/mol. The van der Waals surface area contributed by atoms with Crippen molar-refractivity contribution in [2.45, 2.75) is 25.0 Å². The predicted octanol–water partition coefficient (Wildman–Crippen LogP) is 5.74. The maximum absolute atomic E-state index is 14.3. The highest BCUT2D eigenvalue weighted by atomic mass is 35.5. The second-order valence-electron chi connectivity index (χ2n) is 8.46. The van der Waals surface area contributed by atoms with E-state index in [1.165, 1.54) is 6.20 Å². The summed E-state index contributed by atoms with van der Waals surface area (Å²) >= 11 is 6.20. The molecule has 176 valence electrons. The van der Waals surface area contributed by atoms with Gasteiger partial charge >= 0.3 is 0 Å². The molecule has 2 aliphatic carbocycles. The number of aldehydes is 1. The number of benzene rings is 1. The summed E-state index contributed by atoms with van der Waals surface area (Å²) in [6.07, 6.45) is 10.8. The molecule has 0 spiro atoms. The number of aromatic amines is 1. The zero-order chi connectivity index (χ0) is 23.9. The van der Waals surface area contributed by atoms with Crippen LogP contribution in [0.1, 0.15) is 24.0 Å². The fraction of sp³-hybridized carbons (Fsp3) is 0.280. The molecular weight excluding hydrogens is 469 g/mol. The van der Waals surface area contributed by atoms with E-state index in [2.05, 4.69) is 9.97 Å². The van der Waals surface area contributed by atoms with Gasteiger partial charge < -0.3 is 19.3 Å². The lowest BCUT2D eigenvalue weighted by molar-refractivity contribution is -0.128. The van der Waals surface area contributed by atoms with Gasteiger partial charge in [0.2, 0.25) is 0 Å². The van der Waals surface area contributed by atoms with Gasteiger partial charge in [0.1, 0.15) is 41.8 Å². The van der Waals surface area contributed by atoms with E-state index in [9.17, 15) is 18.0 Å². The number of fused-ring (bicyclic) bond motifs is 1. The number of rotatable bonds is 8. The zero-order valence-corrected chi connectivity index (χ0v) is 18.6. The summed E-state index contributed by atoms with van der Waals surface area (Å²) in [6, 6.07) is 2.89. The summed E-state index contributed by atoms with van der Waals surface area (Å²) in [5.41, 5.74) is -0.760. The first-order chi connectivity index (χ1) is 16.4. The number of halogens is 4. The summed E-state index contributed by atoms with van der Waals surface area (Å²) in [5.74, 6) is -3.42. The summed E-state index contributed by atoms with van der Waals surface area (Å²) in [5, 5.41) is 1.01. The minimum atomic E-state index is -1.42. The van der Waals surface area contributed by atoms with Gasteiger partial charge in [-0.2, -0.15) is 0 Å². The van der Waals surface area contributed by atoms with Crippen LogP contribution < -0.4 is 0 Å². The van der Waals surface area contributed by atoms with E-state index < -0.39 is 41.1 Å². The maximum Gasteiger partial charge on any atom is 0.165 e. The van der Waals surface area contributed by atoms with Crippen LogP contribution in [0.5, 0.6) is 0 Å². The van der Waals surface area contributed by atoms with Crippen LogP contribution in [-0.4, -0.2) is 22.9 Å². The van der Waals surface area contributed by atoms with Gasteiger partial charge in [0.15, 0.2) is 5.60 Å². The number of ether oxygens (including phenoxy) is 2. The standard InChI is InChI=1S/C25H20ClF3N2O3/c26-16-6-18-20(10-31-24(18)30-9-16)25(34-12-14-4-5-14)15(11-32)2-1-3-23(25)33-13-19-21(28)7-17(27)8-22(19)29/h1-3,6-11,14-15H,4-5,12-13H2,(H,30,31). The molecule has 34 heavy (non-hydrogen) atoms. The molecule has 5 rings (SSSR count). The van der Waals surface area contributed by atoms with Crippen molar-refractivity contribution in [2.75, 3.05) is 6.61 Å². The van der Waals surface area contributed by atoms with Crippen LogP contribution in [-0.2, 0) is 26.5 Å². The van der Waals surface area contributed by atoms with Gasteiger partial charge in [-0.3, -0.25) is 0 Å². The molecule has 0 aliphatic heterocycles. The molecule has 2 unspecified atom stereocenters.